The lowest BCUT2D eigenvalue weighted by molar-refractivity contribution is -0.114. The summed E-state index contributed by atoms with van der Waals surface area (Å²) in [6, 6.07) is 13.5. The van der Waals surface area contributed by atoms with Crippen LogP contribution in [0.5, 0.6) is 5.75 Å². The molecule has 2 heterocycles. The van der Waals surface area contributed by atoms with Crippen LogP contribution in [0.25, 0.3) is 0 Å². The van der Waals surface area contributed by atoms with Crippen molar-refractivity contribution in [2.75, 3.05) is 5.32 Å². The quantitative estimate of drug-likeness (QED) is 0.730. The zero-order valence-corrected chi connectivity index (χ0v) is 15.5. The van der Waals surface area contributed by atoms with Gasteiger partial charge in [-0.2, -0.15) is 10.1 Å². The van der Waals surface area contributed by atoms with Crippen LogP contribution >= 0.6 is 0 Å². The zero-order chi connectivity index (χ0) is 19.7. The molecule has 3 aromatic rings. The lowest BCUT2D eigenvalue weighted by atomic mass is 9.93. The van der Waals surface area contributed by atoms with E-state index in [1.807, 2.05) is 31.2 Å². The number of fused-ring (bicyclic) bond motifs is 1. The second-order valence-corrected chi connectivity index (χ2v) is 6.60. The van der Waals surface area contributed by atoms with Crippen molar-refractivity contribution in [1.29, 1.82) is 0 Å². The molecule has 0 bridgehead atoms. The van der Waals surface area contributed by atoms with Crippen LogP contribution in [0.3, 0.4) is 0 Å². The fourth-order valence-corrected chi connectivity index (χ4v) is 3.38. The maximum Gasteiger partial charge on any atom is 0.226 e. The Hall–Kier alpha value is -3.48. The van der Waals surface area contributed by atoms with Gasteiger partial charge >= 0.3 is 0 Å². The normalized spacial score (nSPS) is 15.8. The minimum atomic E-state index is -0.364. The van der Waals surface area contributed by atoms with Crippen molar-refractivity contribution in [3.8, 4) is 5.75 Å². The first-order valence-electron chi connectivity index (χ1n) is 8.89. The third kappa shape index (κ3) is 3.26. The molecular formula is C21H19FN4O2. The van der Waals surface area contributed by atoms with Crippen molar-refractivity contribution < 1.29 is 13.9 Å². The van der Waals surface area contributed by atoms with E-state index < -0.39 is 0 Å². The highest BCUT2D eigenvalue weighted by Gasteiger charge is 2.31. The lowest BCUT2D eigenvalue weighted by Crippen LogP contribution is -2.27. The number of hydrogen-bond donors (Lipinski definition) is 1. The van der Waals surface area contributed by atoms with Crippen LogP contribution < -0.4 is 10.1 Å². The van der Waals surface area contributed by atoms with Gasteiger partial charge in [-0.05, 0) is 37.6 Å². The predicted molar refractivity (Wildman–Crippen MR) is 102 cm³/mol. The van der Waals surface area contributed by atoms with Crippen molar-refractivity contribution in [2.45, 2.75) is 26.5 Å². The second kappa shape index (κ2) is 7.26. The average molecular weight is 378 g/mol. The molecule has 142 valence electrons. The highest BCUT2D eigenvalue weighted by molar-refractivity contribution is 5.96. The van der Waals surface area contributed by atoms with Crippen molar-refractivity contribution in [3.63, 3.8) is 0 Å². The molecule has 0 radical (unpaired) electrons. The van der Waals surface area contributed by atoms with Gasteiger partial charge < -0.3 is 10.1 Å². The Labute approximate surface area is 161 Å². The topological polar surface area (TPSA) is 69.0 Å². The maximum atomic E-state index is 13.7. The molecule has 1 N–H and O–H groups in total. The third-order valence-corrected chi connectivity index (χ3v) is 4.72. The summed E-state index contributed by atoms with van der Waals surface area (Å²) in [7, 11) is 0. The predicted octanol–water partition coefficient (Wildman–Crippen LogP) is 3.87. The molecule has 1 aromatic heterocycles. The molecule has 1 aliphatic heterocycles. The second-order valence-electron chi connectivity index (χ2n) is 6.60. The molecule has 7 heteroatoms. The first-order valence-corrected chi connectivity index (χ1v) is 8.89. The number of rotatable bonds is 5. The Kier molecular flexibility index (Phi) is 4.65. The van der Waals surface area contributed by atoms with Crippen LogP contribution in [-0.4, -0.2) is 20.5 Å². The number of allylic oxidation sites excluding steroid dienone is 2. The van der Waals surface area contributed by atoms with Gasteiger partial charge in [0, 0.05) is 16.8 Å². The van der Waals surface area contributed by atoms with Crippen molar-refractivity contribution in [1.82, 2.24) is 14.8 Å². The zero-order valence-electron chi connectivity index (χ0n) is 15.5. The molecule has 28 heavy (non-hydrogen) atoms. The van der Waals surface area contributed by atoms with E-state index in [4.69, 9.17) is 4.74 Å². The molecule has 2 aromatic carbocycles. The number of carbonyl (C=O) groups is 1. The first-order chi connectivity index (χ1) is 13.5. The summed E-state index contributed by atoms with van der Waals surface area (Å²) in [4.78, 5) is 16.5. The summed E-state index contributed by atoms with van der Waals surface area (Å²) in [5.41, 5.74) is 2.78. The molecule has 1 aliphatic rings. The van der Waals surface area contributed by atoms with E-state index in [0.717, 1.165) is 11.3 Å². The van der Waals surface area contributed by atoms with Gasteiger partial charge in [0.15, 0.2) is 5.78 Å². The van der Waals surface area contributed by atoms with E-state index in [9.17, 15) is 9.18 Å². The number of anilines is 1. The number of nitrogens with one attached hydrogen (secondary N) is 1. The van der Waals surface area contributed by atoms with Gasteiger partial charge in [-0.3, -0.25) is 4.79 Å². The number of ether oxygens (including phenoxy) is 1. The fraction of sp³-hybridized carbons (Fsp3) is 0.190. The summed E-state index contributed by atoms with van der Waals surface area (Å²) >= 11 is 0. The number of nitrogens with zero attached hydrogens (tertiary/aromatic N) is 3. The lowest BCUT2D eigenvalue weighted by Gasteiger charge is -2.28. The highest BCUT2D eigenvalue weighted by Crippen LogP contribution is 2.35. The van der Waals surface area contributed by atoms with Crippen molar-refractivity contribution >= 4 is 11.7 Å². The van der Waals surface area contributed by atoms with E-state index in [0.29, 0.717) is 22.8 Å². The van der Waals surface area contributed by atoms with Crippen LogP contribution in [-0.2, 0) is 11.4 Å². The van der Waals surface area contributed by atoms with Crippen LogP contribution in [0.15, 0.2) is 66.1 Å². The average Bonchev–Trinajstić information content (AvgIpc) is 3.14. The smallest absolute Gasteiger partial charge is 0.226 e. The molecule has 0 aliphatic carbocycles. The van der Waals surface area contributed by atoms with E-state index in [1.54, 1.807) is 29.8 Å². The Bertz CT molecular complexity index is 1060. The van der Waals surface area contributed by atoms with E-state index in [-0.39, 0.29) is 24.2 Å². The molecular weight excluding hydrogens is 359 g/mol. The van der Waals surface area contributed by atoms with Crippen molar-refractivity contribution in [2.24, 2.45) is 0 Å². The highest BCUT2D eigenvalue weighted by atomic mass is 19.1. The summed E-state index contributed by atoms with van der Waals surface area (Å²) in [6.07, 6.45) is 1.46. The summed E-state index contributed by atoms with van der Waals surface area (Å²) in [5.74, 6) is 0.882. The number of benzene rings is 2. The van der Waals surface area contributed by atoms with Gasteiger partial charge in [-0.25, -0.2) is 9.07 Å². The Morgan fingerprint density at radius 1 is 1.21 bits per heavy atom. The van der Waals surface area contributed by atoms with Crippen LogP contribution in [0.4, 0.5) is 10.3 Å². The SMILES string of the molecule is CC(=O)C1=C(C)Nc2ncnn2[C@@H]1c1ccc(OCc2ccccc2F)cc1. The summed E-state index contributed by atoms with van der Waals surface area (Å²) in [6.45, 7) is 3.54. The Morgan fingerprint density at radius 2 is 1.96 bits per heavy atom. The Balaban J connectivity index is 1.60. The summed E-state index contributed by atoms with van der Waals surface area (Å²) in [5, 5.41) is 7.39. The maximum absolute atomic E-state index is 13.7. The molecule has 0 saturated carbocycles. The minimum absolute atomic E-state index is 0.0315. The molecule has 0 amide bonds. The third-order valence-electron chi connectivity index (χ3n) is 4.72. The number of ketones is 1. The largest absolute Gasteiger partial charge is 0.489 e. The van der Waals surface area contributed by atoms with Gasteiger partial charge in [0.2, 0.25) is 5.95 Å². The van der Waals surface area contributed by atoms with Gasteiger partial charge in [0.05, 0.1) is 0 Å². The van der Waals surface area contributed by atoms with Crippen LogP contribution in [0, 0.1) is 5.82 Å². The van der Waals surface area contributed by atoms with Gasteiger partial charge in [0.25, 0.3) is 0 Å². The molecule has 1 atom stereocenters. The van der Waals surface area contributed by atoms with Gasteiger partial charge in [0.1, 0.15) is 30.5 Å². The number of hydrogen-bond acceptors (Lipinski definition) is 5. The number of halogens is 1. The number of carbonyl (C=O) groups excluding carboxylic acids is 1. The molecule has 4 rings (SSSR count). The fourth-order valence-electron chi connectivity index (χ4n) is 3.38. The van der Waals surface area contributed by atoms with Crippen molar-refractivity contribution in [3.05, 3.63) is 83.1 Å². The molecule has 0 spiro atoms. The molecule has 0 saturated heterocycles. The van der Waals surface area contributed by atoms with E-state index in [2.05, 4.69) is 15.4 Å². The number of Topliss-reactive ketones (excluding diaryl/α,β-unsaturated/α-hetero) is 1. The van der Waals surface area contributed by atoms with Gasteiger partial charge in [-0.1, -0.05) is 30.3 Å². The van der Waals surface area contributed by atoms with E-state index >= 15 is 0 Å². The molecule has 0 unspecified atom stereocenters. The van der Waals surface area contributed by atoms with Crippen LogP contribution in [0.1, 0.15) is 31.0 Å². The standard InChI is InChI=1S/C21H19FN4O2/c1-13-19(14(2)27)20(26-21(25-13)23-12-24-26)15-7-9-17(10-8-15)28-11-16-5-3-4-6-18(16)22/h3-10,12,20H,11H2,1-2H3,(H,23,24,25)/t20-/m1/s1. The molecule has 6 nitrogen and oxygen atoms in total. The molecule has 0 fully saturated rings. The summed E-state index contributed by atoms with van der Waals surface area (Å²) < 4.78 is 21.1. The van der Waals surface area contributed by atoms with Crippen LogP contribution in [0.2, 0.25) is 0 Å². The Morgan fingerprint density at radius 3 is 2.68 bits per heavy atom. The van der Waals surface area contributed by atoms with Gasteiger partial charge in [-0.15, -0.1) is 0 Å². The minimum Gasteiger partial charge on any atom is -0.489 e. The first kappa shape index (κ1) is 17.9. The van der Waals surface area contributed by atoms with E-state index in [1.165, 1.54) is 12.4 Å². The number of aromatic nitrogens is 3. The monoisotopic (exact) mass is 378 g/mol.